The molecule has 0 saturated heterocycles. The van der Waals surface area contributed by atoms with Crippen molar-refractivity contribution in [2.45, 2.75) is 121 Å². The van der Waals surface area contributed by atoms with Crippen molar-refractivity contribution in [2.75, 3.05) is 16.6 Å². The van der Waals surface area contributed by atoms with Crippen LogP contribution in [0.1, 0.15) is 126 Å². The molecule has 0 fully saturated rings. The van der Waals surface area contributed by atoms with Crippen molar-refractivity contribution < 1.29 is 22.7 Å². The molecule has 0 aromatic heterocycles. The fraction of sp³-hybridized carbons (Fsp3) is 0.487. The molecular weight excluding hydrogens is 644 g/mol. The Balaban J connectivity index is 1.32. The number of anilines is 2. The van der Waals surface area contributed by atoms with E-state index in [4.69, 9.17) is 16.3 Å². The van der Waals surface area contributed by atoms with Gasteiger partial charge in [-0.2, -0.15) is 0 Å². The van der Waals surface area contributed by atoms with Gasteiger partial charge in [0.05, 0.1) is 34.2 Å². The molecule has 262 valence electrons. The molecular formula is C39H53ClN2O5S. The maximum absolute atomic E-state index is 13.0. The van der Waals surface area contributed by atoms with Gasteiger partial charge in [0, 0.05) is 5.69 Å². The minimum Gasteiger partial charge on any atom is -0.493 e. The third kappa shape index (κ3) is 14.8. The van der Waals surface area contributed by atoms with Gasteiger partial charge in [-0.05, 0) is 48.9 Å². The van der Waals surface area contributed by atoms with E-state index in [-0.39, 0.29) is 21.4 Å². The summed E-state index contributed by atoms with van der Waals surface area (Å²) in [6, 6.07) is 19.4. The summed E-state index contributed by atoms with van der Waals surface area (Å²) in [6.07, 6.45) is 20.4. The molecule has 3 aromatic rings. The second-order valence-electron chi connectivity index (χ2n) is 12.4. The molecule has 9 heteroatoms. The Morgan fingerprint density at radius 3 is 1.81 bits per heavy atom. The molecule has 3 aromatic carbocycles. The van der Waals surface area contributed by atoms with Crippen LogP contribution in [0.15, 0.2) is 77.7 Å². The summed E-state index contributed by atoms with van der Waals surface area (Å²) >= 11 is 6.31. The average molecular weight is 697 g/mol. The van der Waals surface area contributed by atoms with Gasteiger partial charge in [0.25, 0.3) is 10.0 Å². The monoisotopic (exact) mass is 696 g/mol. The Morgan fingerprint density at radius 2 is 1.23 bits per heavy atom. The molecule has 0 aliphatic rings. The molecule has 48 heavy (non-hydrogen) atoms. The van der Waals surface area contributed by atoms with Crippen LogP contribution in [0.2, 0.25) is 5.02 Å². The molecule has 1 amide bonds. The second kappa shape index (κ2) is 22.3. The number of Topliss-reactive ketones (excluding diaryl/α,β-unsaturated/α-hetero) is 1. The van der Waals surface area contributed by atoms with Crippen LogP contribution in [0.25, 0.3) is 0 Å². The van der Waals surface area contributed by atoms with Gasteiger partial charge in [-0.3, -0.25) is 14.3 Å². The molecule has 0 atom stereocenters. The molecule has 0 aliphatic heterocycles. The largest absolute Gasteiger partial charge is 0.493 e. The van der Waals surface area contributed by atoms with Crippen LogP contribution in [-0.4, -0.2) is 26.7 Å². The number of carbonyl (C=O) groups is 2. The van der Waals surface area contributed by atoms with Crippen LogP contribution < -0.4 is 14.8 Å². The van der Waals surface area contributed by atoms with E-state index in [1.54, 1.807) is 48.5 Å². The first-order valence-electron chi connectivity index (χ1n) is 17.7. The fourth-order valence-electron chi connectivity index (χ4n) is 5.58. The lowest BCUT2D eigenvalue weighted by Crippen LogP contribution is -2.18. The van der Waals surface area contributed by atoms with Crippen molar-refractivity contribution in [2.24, 2.45) is 0 Å². The van der Waals surface area contributed by atoms with Gasteiger partial charge in [-0.25, -0.2) is 8.42 Å². The smallest absolute Gasteiger partial charge is 0.261 e. The predicted molar refractivity (Wildman–Crippen MR) is 198 cm³/mol. The highest BCUT2D eigenvalue weighted by Crippen LogP contribution is 2.27. The second-order valence-corrected chi connectivity index (χ2v) is 14.5. The van der Waals surface area contributed by atoms with Crippen molar-refractivity contribution in [1.29, 1.82) is 0 Å². The summed E-state index contributed by atoms with van der Waals surface area (Å²) in [5, 5.41) is 2.65. The van der Waals surface area contributed by atoms with Crippen molar-refractivity contribution >= 4 is 44.7 Å². The number of hydrogen-bond donors (Lipinski definition) is 2. The highest BCUT2D eigenvalue weighted by Gasteiger charge is 2.19. The molecule has 0 bridgehead atoms. The number of amides is 1. The summed E-state index contributed by atoms with van der Waals surface area (Å²) in [4.78, 5) is 25.7. The molecule has 7 nitrogen and oxygen atoms in total. The van der Waals surface area contributed by atoms with Crippen molar-refractivity contribution in [3.8, 4) is 5.75 Å². The Labute approximate surface area is 293 Å². The summed E-state index contributed by atoms with van der Waals surface area (Å²) in [7, 11) is -3.88. The first-order chi connectivity index (χ1) is 23.3. The molecule has 0 radical (unpaired) electrons. The lowest BCUT2D eigenvalue weighted by Gasteiger charge is -2.12. The van der Waals surface area contributed by atoms with Crippen molar-refractivity contribution in [1.82, 2.24) is 0 Å². The quantitative estimate of drug-likeness (QED) is 0.0521. The zero-order chi connectivity index (χ0) is 34.5. The number of benzene rings is 3. The zero-order valence-electron chi connectivity index (χ0n) is 28.5. The Hall–Kier alpha value is -3.36. The van der Waals surface area contributed by atoms with Gasteiger partial charge >= 0.3 is 0 Å². The van der Waals surface area contributed by atoms with Gasteiger partial charge in [-0.15, -0.1) is 0 Å². The SMILES string of the molecule is CCCCCCCCCCCCCCCCCCOc1ccccc1C(=O)CC(=O)Nc1ccc(S(=O)(=O)Nc2ccccc2)cc1Cl. The van der Waals surface area contributed by atoms with E-state index in [0.717, 1.165) is 12.8 Å². The topological polar surface area (TPSA) is 102 Å². The number of ether oxygens (including phenoxy) is 1. The van der Waals surface area contributed by atoms with Gasteiger partial charge in [0.2, 0.25) is 5.91 Å². The fourth-order valence-corrected chi connectivity index (χ4v) is 6.95. The van der Waals surface area contributed by atoms with Gasteiger partial charge in [-0.1, -0.05) is 145 Å². The number of carbonyl (C=O) groups excluding carboxylic acids is 2. The normalized spacial score (nSPS) is 11.3. The number of sulfonamides is 1. The van der Waals surface area contributed by atoms with Crippen LogP contribution in [-0.2, 0) is 14.8 Å². The Kier molecular flexibility index (Phi) is 18.2. The maximum atomic E-state index is 13.0. The van der Waals surface area contributed by atoms with Crippen LogP contribution in [0.4, 0.5) is 11.4 Å². The minimum atomic E-state index is -3.88. The van der Waals surface area contributed by atoms with Crippen LogP contribution in [0.5, 0.6) is 5.75 Å². The zero-order valence-corrected chi connectivity index (χ0v) is 30.1. The van der Waals surface area contributed by atoms with Crippen molar-refractivity contribution in [3.63, 3.8) is 0 Å². The number of rotatable bonds is 25. The number of halogens is 1. The van der Waals surface area contributed by atoms with Crippen LogP contribution >= 0.6 is 11.6 Å². The Bertz CT molecular complexity index is 1500. The summed E-state index contributed by atoms with van der Waals surface area (Å²) in [5.74, 6) is -0.472. The molecule has 0 unspecified atom stereocenters. The van der Waals surface area contributed by atoms with E-state index in [9.17, 15) is 18.0 Å². The maximum Gasteiger partial charge on any atom is 0.261 e. The number of hydrogen-bond acceptors (Lipinski definition) is 5. The molecule has 0 spiro atoms. The van der Waals surface area contributed by atoms with E-state index >= 15 is 0 Å². The molecule has 0 heterocycles. The third-order valence-electron chi connectivity index (χ3n) is 8.31. The number of para-hydroxylation sites is 2. The van der Waals surface area contributed by atoms with Crippen LogP contribution in [0.3, 0.4) is 0 Å². The lowest BCUT2D eigenvalue weighted by atomic mass is 10.0. The summed E-state index contributed by atoms with van der Waals surface area (Å²) in [5.41, 5.74) is 0.976. The lowest BCUT2D eigenvalue weighted by molar-refractivity contribution is -0.115. The summed E-state index contributed by atoms with van der Waals surface area (Å²) in [6.45, 7) is 2.78. The molecule has 2 N–H and O–H groups in total. The Morgan fingerprint density at radius 1 is 0.688 bits per heavy atom. The van der Waals surface area contributed by atoms with Gasteiger partial charge in [0.1, 0.15) is 5.75 Å². The minimum absolute atomic E-state index is 0.0364. The van der Waals surface area contributed by atoms with Gasteiger partial charge < -0.3 is 10.1 Å². The average Bonchev–Trinajstić information content (AvgIpc) is 3.07. The van der Waals surface area contributed by atoms with E-state index in [1.807, 2.05) is 6.07 Å². The van der Waals surface area contributed by atoms with Crippen LogP contribution in [0, 0.1) is 0 Å². The molecule has 3 rings (SSSR count). The molecule has 0 saturated carbocycles. The van der Waals surface area contributed by atoms with E-state index in [2.05, 4.69) is 17.0 Å². The first-order valence-corrected chi connectivity index (χ1v) is 19.6. The number of nitrogens with one attached hydrogen (secondary N) is 2. The van der Waals surface area contributed by atoms with E-state index < -0.39 is 22.4 Å². The predicted octanol–water partition coefficient (Wildman–Crippen LogP) is 11.0. The highest BCUT2D eigenvalue weighted by molar-refractivity contribution is 7.92. The molecule has 0 aliphatic carbocycles. The van der Waals surface area contributed by atoms with Gasteiger partial charge in [0.15, 0.2) is 5.78 Å². The third-order valence-corrected chi connectivity index (χ3v) is 10.0. The van der Waals surface area contributed by atoms with Crippen molar-refractivity contribution in [3.05, 3.63) is 83.4 Å². The summed E-state index contributed by atoms with van der Waals surface area (Å²) < 4.78 is 33.9. The highest BCUT2D eigenvalue weighted by atomic mass is 35.5. The van der Waals surface area contributed by atoms with E-state index in [1.165, 1.54) is 108 Å². The number of ketones is 1. The standard InChI is InChI=1S/C39H53ClN2O5S/c1-2-3-4-5-6-7-8-9-10-11-12-13-14-15-16-22-29-47-38-26-21-20-25-34(38)37(43)31-39(44)41-36-28-27-33(30-35(36)40)48(45,46)42-32-23-18-17-19-24-32/h17-21,23-28,30,42H,2-16,22,29,31H2,1H3,(H,41,44). The van der Waals surface area contributed by atoms with E-state index in [0.29, 0.717) is 23.6 Å². The first kappa shape index (κ1) is 39.1. The number of unbranched alkanes of at least 4 members (excludes halogenated alkanes) is 15.